The van der Waals surface area contributed by atoms with Gasteiger partial charge in [0.25, 0.3) is 0 Å². The van der Waals surface area contributed by atoms with Gasteiger partial charge in [0.05, 0.1) is 99.4 Å². The summed E-state index contributed by atoms with van der Waals surface area (Å²) >= 11 is 6.77. The Morgan fingerprint density at radius 1 is 0.347 bits per heavy atom. The highest BCUT2D eigenvalue weighted by molar-refractivity contribution is 8.01. The van der Waals surface area contributed by atoms with Gasteiger partial charge in [-0.3, -0.25) is 71.7 Å². The Kier molecular flexibility index (Phi) is 27.2. The number of carboxylic acids is 4. The molecular weight excluding hydrogens is 1900 g/mol. The van der Waals surface area contributed by atoms with Gasteiger partial charge in [-0.2, -0.15) is 0 Å². The van der Waals surface area contributed by atoms with Gasteiger partial charge in [-0.05, 0) is 257 Å². The Morgan fingerprint density at radius 3 is 0.896 bits per heavy atom. The van der Waals surface area contributed by atoms with E-state index in [0.29, 0.717) is 63.8 Å². The van der Waals surface area contributed by atoms with Gasteiger partial charge in [-0.1, -0.05) is 210 Å². The SMILES string of the molecule is CC(C)(Sc1nc2cnccc2n1-c1ccc(C2CC2)c2ccccc12)C(=O)O.CC(Sc1nc2cnccc2n1-c1ccc(C2CC2)c2ccccc12)C(=O)O.CCOC(=O)C(C)(C)Sc1nc2cnccc2n1-c1ccc(C2CC2)c2ccccc12.O=C(O)CCCSc1nc2cnccc2n1-c1ccc(C2CC2)c2ccccc12.O=C(O)CSc1nc2cnccc2n1-c1ccc(C2CC2)c2ccccc12. The van der Waals surface area contributed by atoms with Crippen molar-refractivity contribution in [2.75, 3.05) is 18.1 Å². The number of thioether (sulfide) groups is 5. The van der Waals surface area contributed by atoms with Crippen molar-refractivity contribution >= 4 is 198 Å². The molecule has 1 atom stereocenters. The molecule has 724 valence electrons. The fourth-order valence-corrected chi connectivity index (χ4v) is 23.5. The molecule has 25 rings (SSSR count). The monoisotopic (exact) mass is 2000 g/mol. The van der Waals surface area contributed by atoms with Crippen LogP contribution in [0.25, 0.3) is 137 Å². The van der Waals surface area contributed by atoms with Crippen molar-refractivity contribution in [3.05, 3.63) is 302 Å². The molecule has 20 aromatic rings. The number of ether oxygens (including phenoxy) is 1. The number of pyridine rings is 5. The van der Waals surface area contributed by atoms with Gasteiger partial charge in [0, 0.05) is 70.1 Å². The fourth-order valence-electron chi connectivity index (χ4n) is 19.0. The van der Waals surface area contributed by atoms with E-state index in [1.54, 1.807) is 94.5 Å². The summed E-state index contributed by atoms with van der Waals surface area (Å²) in [5, 5.41) is 52.4. The van der Waals surface area contributed by atoms with Crippen LogP contribution in [0.2, 0.25) is 0 Å². The zero-order valence-electron chi connectivity index (χ0n) is 80.0. The average Bonchev–Trinajstić information content (AvgIpc) is 1.62. The maximum Gasteiger partial charge on any atom is 0.322 e. The summed E-state index contributed by atoms with van der Waals surface area (Å²) in [7, 11) is 0. The second-order valence-corrected chi connectivity index (χ2v) is 44.3. The summed E-state index contributed by atoms with van der Waals surface area (Å²) in [5.41, 5.74) is 21.0. The van der Waals surface area contributed by atoms with Crippen LogP contribution in [0, 0.1) is 0 Å². The van der Waals surface area contributed by atoms with Gasteiger partial charge < -0.3 is 25.2 Å². The second-order valence-electron chi connectivity index (χ2n) is 37.8. The Hall–Kier alpha value is -14.3. The predicted molar refractivity (Wildman–Crippen MR) is 575 cm³/mol. The number of rotatable bonds is 28. The predicted octanol–water partition coefficient (Wildman–Crippen LogP) is 26.3. The minimum absolute atomic E-state index is 0.0329. The van der Waals surface area contributed by atoms with Gasteiger partial charge >= 0.3 is 29.8 Å². The van der Waals surface area contributed by atoms with E-state index in [1.807, 2.05) is 57.2 Å². The minimum atomic E-state index is -1.00. The molecule has 30 heteroatoms. The lowest BCUT2D eigenvalue weighted by atomic mass is 9.99. The van der Waals surface area contributed by atoms with Crippen LogP contribution < -0.4 is 0 Å². The van der Waals surface area contributed by atoms with Gasteiger partial charge in [-0.25, -0.2) is 24.9 Å². The molecule has 0 aliphatic heterocycles. The maximum absolute atomic E-state index is 12.6. The van der Waals surface area contributed by atoms with Crippen molar-refractivity contribution in [1.82, 2.24) is 72.7 Å². The van der Waals surface area contributed by atoms with Crippen molar-refractivity contribution in [3.63, 3.8) is 0 Å². The van der Waals surface area contributed by atoms with E-state index in [-0.39, 0.29) is 18.1 Å². The average molecular weight is 2000 g/mol. The summed E-state index contributed by atoms with van der Waals surface area (Å²) < 4.78 is 14.1. The molecule has 10 aromatic carbocycles. The van der Waals surface area contributed by atoms with Crippen LogP contribution in [-0.2, 0) is 28.7 Å². The molecule has 1 unspecified atom stereocenters. The first-order valence-corrected chi connectivity index (χ1v) is 53.1. The highest BCUT2D eigenvalue weighted by Gasteiger charge is 2.38. The van der Waals surface area contributed by atoms with E-state index in [2.05, 4.69) is 234 Å². The van der Waals surface area contributed by atoms with Crippen LogP contribution >= 0.6 is 58.8 Å². The maximum atomic E-state index is 12.6. The van der Waals surface area contributed by atoms with Gasteiger partial charge in [-0.15, -0.1) is 0 Å². The highest BCUT2D eigenvalue weighted by Crippen LogP contribution is 2.52. The van der Waals surface area contributed by atoms with Crippen LogP contribution in [0.5, 0.6) is 0 Å². The lowest BCUT2D eigenvalue weighted by Crippen LogP contribution is -2.30. The number of carbonyl (C=O) groups excluding carboxylic acids is 1. The Bertz CT molecular complexity index is 8400. The molecule has 5 aliphatic carbocycles. The molecule has 5 fully saturated rings. The van der Waals surface area contributed by atoms with Gasteiger partial charge in [0.15, 0.2) is 25.8 Å². The fraction of sp³-hybridized carbons (Fsp3) is 0.254. The summed E-state index contributed by atoms with van der Waals surface area (Å²) in [4.78, 5) is 102. The summed E-state index contributed by atoms with van der Waals surface area (Å²) in [5.74, 6) is 0.414. The minimum Gasteiger partial charge on any atom is -0.481 e. The molecule has 0 radical (unpaired) electrons. The lowest BCUT2D eigenvalue weighted by Gasteiger charge is -2.22. The third-order valence-electron chi connectivity index (χ3n) is 26.8. The van der Waals surface area contributed by atoms with Crippen molar-refractivity contribution in [3.8, 4) is 28.4 Å². The number of nitrogens with zero attached hydrogens (tertiary/aromatic N) is 15. The molecule has 5 saturated carbocycles. The summed E-state index contributed by atoms with van der Waals surface area (Å²) in [6.07, 6.45) is 30.9. The van der Waals surface area contributed by atoms with Gasteiger partial charge in [0.2, 0.25) is 0 Å². The lowest BCUT2D eigenvalue weighted by molar-refractivity contribution is -0.145. The van der Waals surface area contributed by atoms with Crippen LogP contribution in [-0.4, -0.2) is 156 Å². The second kappa shape index (κ2) is 40.8. The van der Waals surface area contributed by atoms with Crippen LogP contribution in [0.15, 0.2) is 300 Å². The Morgan fingerprint density at radius 2 is 0.618 bits per heavy atom. The Balaban J connectivity index is 0.000000106. The first-order valence-electron chi connectivity index (χ1n) is 48.6. The molecule has 0 bridgehead atoms. The number of hydrogen-bond donors (Lipinski definition) is 4. The first-order chi connectivity index (χ1) is 70.0. The first kappa shape index (κ1) is 95.9. The zero-order chi connectivity index (χ0) is 99.2. The topological polar surface area (TPSA) is 329 Å². The zero-order valence-corrected chi connectivity index (χ0v) is 84.1. The highest BCUT2D eigenvalue weighted by atomic mass is 32.2. The number of benzene rings is 10. The molecule has 0 amide bonds. The molecule has 10 aromatic heterocycles. The van der Waals surface area contributed by atoms with E-state index >= 15 is 0 Å². The number of aliphatic carboxylic acids is 4. The number of aromatic nitrogens is 15. The number of fused-ring (bicyclic) bond motifs is 10. The van der Waals surface area contributed by atoms with E-state index in [0.717, 1.165) is 110 Å². The van der Waals surface area contributed by atoms with Crippen molar-refractivity contribution in [2.24, 2.45) is 0 Å². The molecule has 10 heterocycles. The summed E-state index contributed by atoms with van der Waals surface area (Å²) in [6.45, 7) is 11.0. The molecule has 4 N–H and O–H groups in total. The Labute approximate surface area is 850 Å². The third kappa shape index (κ3) is 19.9. The molecule has 0 saturated heterocycles. The smallest absolute Gasteiger partial charge is 0.322 e. The van der Waals surface area contributed by atoms with Crippen LogP contribution in [0.1, 0.15) is 176 Å². The van der Waals surface area contributed by atoms with E-state index in [9.17, 15) is 34.2 Å². The number of imidazole rings is 5. The van der Waals surface area contributed by atoms with E-state index in [1.165, 1.54) is 177 Å². The number of hydrogen-bond acceptors (Lipinski definition) is 21. The molecular formula is C114H103N15O10S5. The number of carbonyl (C=O) groups is 5. The molecule has 25 nitrogen and oxygen atoms in total. The third-order valence-corrected chi connectivity index (χ3v) is 32.1. The molecule has 5 aliphatic rings. The quantitative estimate of drug-likeness (QED) is 0.0201. The molecule has 0 spiro atoms. The van der Waals surface area contributed by atoms with Crippen molar-refractivity contribution in [1.29, 1.82) is 0 Å². The van der Waals surface area contributed by atoms with Crippen molar-refractivity contribution < 1.29 is 49.1 Å². The standard InChI is InChI=1S/C25H25N3O2S.2C23H21N3O2S.C22H19N3O2S.C21H17N3O2S/c1-4-30-23(29)25(2,3)31-24-27-20-15-26-14-13-22(20)28(24)21-12-11-17(16-9-10-16)18-7-5-6-8-19(18)21;1-23(2,21(27)28)29-22-25-18-13-24-12-11-20(18)26(22)19-10-9-15(14-7-8-14)16-5-3-4-6-17(16)19;27-22(28)6-3-13-29-23-25-19-14-24-12-11-21(19)26(23)20-10-9-16(15-7-8-15)17-4-1-2-5-18(17)20;1-13(21(26)27)28-22-24-18-12-23-11-10-20(18)25(22)19-9-8-15(14-6-7-14)16-4-2-3-5-17(16)19;25-20(26)12-27-21-23-17-11-22-10-9-19(17)24(21)18-8-7-14(13-5-6-13)15-3-1-2-4-16(15)18/h5-8,11-16H,4,9-10H2,1-3H3;3-6,9-14H,7-8H2,1-2H3,(H,27,28);1-2,4-5,9-12,14-15H,3,6-8,13H2,(H,27,28);2-5,8-14H,6-7H2,1H3,(H,26,27);1-4,7-11,13H,5-6,12H2,(H,25,26). The normalized spacial score (nSPS) is 14.4. The van der Waals surface area contributed by atoms with Crippen molar-refractivity contribution in [2.45, 2.75) is 189 Å². The van der Waals surface area contributed by atoms with Gasteiger partial charge in [0.1, 0.15) is 42.3 Å². The largest absolute Gasteiger partial charge is 0.481 e. The van der Waals surface area contributed by atoms with Crippen LogP contribution in [0.3, 0.4) is 0 Å². The van der Waals surface area contributed by atoms with E-state index < -0.39 is 38.6 Å². The molecule has 144 heavy (non-hydrogen) atoms. The number of esters is 1. The number of carboxylic acid groups (broad SMARTS) is 4. The van der Waals surface area contributed by atoms with Crippen LogP contribution in [0.4, 0.5) is 0 Å². The summed E-state index contributed by atoms with van der Waals surface area (Å²) in [6, 6.07) is 74.3. The van der Waals surface area contributed by atoms with E-state index in [4.69, 9.17) is 29.9 Å².